The summed E-state index contributed by atoms with van der Waals surface area (Å²) in [5.74, 6) is 2.52. The number of aromatic nitrogens is 1. The first-order valence-corrected chi connectivity index (χ1v) is 25.6. The second-order valence-corrected chi connectivity index (χ2v) is 25.1. The summed E-state index contributed by atoms with van der Waals surface area (Å²) < 4.78 is 30.4. The molecule has 1 aromatic heterocycles. The number of carboxylic acids is 1. The fourth-order valence-electron chi connectivity index (χ4n) is 16.1. The van der Waals surface area contributed by atoms with Crippen LogP contribution >= 0.6 is 0 Å². The van der Waals surface area contributed by atoms with E-state index in [2.05, 4.69) is 70.6 Å². The Morgan fingerprint density at radius 2 is 1.65 bits per heavy atom. The number of pyridine rings is 1. The summed E-state index contributed by atoms with van der Waals surface area (Å²) in [5.41, 5.74) is 3.07. The molecule has 0 bridgehead atoms. The highest BCUT2D eigenvalue weighted by atomic mass is 32.2. The van der Waals surface area contributed by atoms with Crippen molar-refractivity contribution in [1.29, 1.82) is 0 Å². The minimum absolute atomic E-state index is 0.0121. The molecule has 1 aromatic rings. The first-order valence-electron chi connectivity index (χ1n) is 23.6. The number of carboxylic acid groups (broad SMARTS) is 1. The first kappa shape index (κ1) is 44.1. The SMILES string of the molecule is C=C(C)[C@@H]1CC[C@]2(NCCC3(O)CCC(S(C)(=O)=O)CC3)CC[C@]3(C)[C@H](CC[C@@H]4[C@@]5(C)CC=C(C6=CCC(COc7ccccn7)(C(=O)O)CC6)C(C)(C)C5CC[C@]43C)C12. The van der Waals surface area contributed by atoms with Crippen LogP contribution in [0.3, 0.4) is 0 Å². The van der Waals surface area contributed by atoms with Crippen molar-refractivity contribution in [3.8, 4) is 5.88 Å². The van der Waals surface area contributed by atoms with Crippen LogP contribution in [0.4, 0.5) is 0 Å². The number of hydrogen-bond donors (Lipinski definition) is 3. The van der Waals surface area contributed by atoms with Crippen molar-refractivity contribution in [2.24, 2.45) is 56.7 Å². The summed E-state index contributed by atoms with van der Waals surface area (Å²) in [7, 11) is -3.07. The van der Waals surface area contributed by atoms with E-state index < -0.39 is 26.8 Å². The molecule has 3 unspecified atom stereocenters. The van der Waals surface area contributed by atoms with E-state index in [1.54, 1.807) is 12.3 Å². The molecule has 0 aromatic carbocycles. The smallest absolute Gasteiger partial charge is 0.313 e. The lowest BCUT2D eigenvalue weighted by molar-refractivity contribution is -0.221. The molecular weight excluding hydrogens is 769 g/mol. The van der Waals surface area contributed by atoms with Crippen LogP contribution in [0.25, 0.3) is 0 Å². The third-order valence-electron chi connectivity index (χ3n) is 19.7. The molecular formula is C51H76N2O6S. The second-order valence-electron chi connectivity index (χ2n) is 22.8. The van der Waals surface area contributed by atoms with E-state index in [0.29, 0.717) is 80.4 Å². The predicted octanol–water partition coefficient (Wildman–Crippen LogP) is 10.3. The predicted molar refractivity (Wildman–Crippen MR) is 239 cm³/mol. The van der Waals surface area contributed by atoms with Gasteiger partial charge in [-0.05, 0) is 191 Å². The monoisotopic (exact) mass is 845 g/mol. The van der Waals surface area contributed by atoms with Gasteiger partial charge in [-0.25, -0.2) is 13.4 Å². The van der Waals surface area contributed by atoms with E-state index in [9.17, 15) is 23.4 Å². The molecule has 0 amide bonds. The lowest BCUT2D eigenvalue weighted by atomic mass is 9.33. The molecule has 10 atom stereocenters. The zero-order valence-electron chi connectivity index (χ0n) is 38.0. The maximum atomic E-state index is 12.7. The summed E-state index contributed by atoms with van der Waals surface area (Å²) in [5, 5.41) is 25.9. The number of nitrogens with zero attached hydrogens (tertiary/aromatic N) is 1. The average molecular weight is 845 g/mol. The van der Waals surface area contributed by atoms with Crippen LogP contribution in [0.15, 0.2) is 59.8 Å². The zero-order valence-corrected chi connectivity index (χ0v) is 38.8. The third kappa shape index (κ3) is 7.09. The quantitative estimate of drug-likeness (QED) is 0.188. The maximum Gasteiger partial charge on any atom is 0.313 e. The van der Waals surface area contributed by atoms with Crippen molar-refractivity contribution in [3.05, 3.63) is 59.8 Å². The van der Waals surface area contributed by atoms with E-state index in [0.717, 1.165) is 19.4 Å². The molecule has 1 heterocycles. The summed E-state index contributed by atoms with van der Waals surface area (Å²) >= 11 is 0. The second kappa shape index (κ2) is 15.3. The lowest BCUT2D eigenvalue weighted by Crippen LogP contribution is -2.68. The summed E-state index contributed by atoms with van der Waals surface area (Å²) in [6, 6.07) is 5.48. The molecule has 0 aliphatic heterocycles. The van der Waals surface area contributed by atoms with Gasteiger partial charge in [0.15, 0.2) is 0 Å². The van der Waals surface area contributed by atoms with Gasteiger partial charge in [-0.15, -0.1) is 0 Å². The van der Waals surface area contributed by atoms with Crippen LogP contribution in [-0.4, -0.2) is 65.4 Å². The van der Waals surface area contributed by atoms with Crippen LogP contribution in [0, 0.1) is 56.7 Å². The molecule has 0 radical (unpaired) electrons. The molecule has 0 spiro atoms. The lowest BCUT2D eigenvalue weighted by Gasteiger charge is -2.72. The largest absolute Gasteiger partial charge is 0.481 e. The van der Waals surface area contributed by atoms with E-state index >= 15 is 0 Å². The molecule has 7 aliphatic rings. The fourth-order valence-corrected chi connectivity index (χ4v) is 17.2. The molecule has 8 rings (SSSR count). The first-order chi connectivity index (χ1) is 28.1. The van der Waals surface area contributed by atoms with Crippen LogP contribution < -0.4 is 10.1 Å². The maximum absolute atomic E-state index is 12.7. The van der Waals surface area contributed by atoms with Crippen molar-refractivity contribution in [3.63, 3.8) is 0 Å². The summed E-state index contributed by atoms with van der Waals surface area (Å²) in [6.07, 6.45) is 23.4. The van der Waals surface area contributed by atoms with Crippen molar-refractivity contribution in [2.75, 3.05) is 19.4 Å². The molecule has 9 heteroatoms. The molecule has 8 nitrogen and oxygen atoms in total. The van der Waals surface area contributed by atoms with Crippen molar-refractivity contribution in [2.45, 2.75) is 167 Å². The Balaban J connectivity index is 0.999. The minimum Gasteiger partial charge on any atom is -0.481 e. The highest BCUT2D eigenvalue weighted by molar-refractivity contribution is 7.91. The van der Waals surface area contributed by atoms with Crippen molar-refractivity contribution in [1.82, 2.24) is 10.3 Å². The number of aliphatic hydroxyl groups is 1. The van der Waals surface area contributed by atoms with E-state index in [4.69, 9.17) is 4.74 Å². The van der Waals surface area contributed by atoms with Gasteiger partial charge in [0.1, 0.15) is 21.9 Å². The van der Waals surface area contributed by atoms with Crippen LogP contribution in [0.5, 0.6) is 5.88 Å². The molecule has 332 valence electrons. The van der Waals surface area contributed by atoms with Gasteiger partial charge >= 0.3 is 5.97 Å². The van der Waals surface area contributed by atoms with E-state index in [1.165, 1.54) is 74.3 Å². The number of aliphatic carboxylic acids is 1. The van der Waals surface area contributed by atoms with Crippen LogP contribution in [-0.2, 0) is 14.6 Å². The Morgan fingerprint density at radius 1 is 0.900 bits per heavy atom. The highest BCUT2D eigenvalue weighted by Crippen LogP contribution is 2.76. The zero-order chi connectivity index (χ0) is 43.1. The topological polar surface area (TPSA) is 126 Å². The van der Waals surface area contributed by atoms with E-state index in [-0.39, 0.29) is 39.1 Å². The molecule has 60 heavy (non-hydrogen) atoms. The van der Waals surface area contributed by atoms with Gasteiger partial charge in [0.05, 0.1) is 10.9 Å². The highest BCUT2D eigenvalue weighted by Gasteiger charge is 2.70. The van der Waals surface area contributed by atoms with Crippen molar-refractivity contribution >= 4 is 15.8 Å². The van der Waals surface area contributed by atoms with Gasteiger partial charge in [-0.2, -0.15) is 0 Å². The average Bonchev–Trinajstić information content (AvgIpc) is 3.58. The number of sulfone groups is 1. The van der Waals surface area contributed by atoms with Gasteiger partial charge < -0.3 is 20.3 Å². The molecule has 5 saturated carbocycles. The number of nitrogens with one attached hydrogen (secondary N) is 1. The van der Waals surface area contributed by atoms with Crippen LogP contribution in [0.1, 0.15) is 151 Å². The fraction of sp³-hybridized carbons (Fsp3) is 0.765. The molecule has 0 saturated heterocycles. The molecule has 3 N–H and O–H groups in total. The third-order valence-corrected chi connectivity index (χ3v) is 21.4. The Bertz CT molecular complexity index is 2000. The van der Waals surface area contributed by atoms with Crippen molar-refractivity contribution < 1.29 is 28.2 Å². The summed E-state index contributed by atoms with van der Waals surface area (Å²) in [6.45, 7) is 20.8. The molecule has 7 aliphatic carbocycles. The van der Waals surface area contributed by atoms with Gasteiger partial charge in [0.2, 0.25) is 5.88 Å². The van der Waals surface area contributed by atoms with Gasteiger partial charge in [0.25, 0.3) is 0 Å². The van der Waals surface area contributed by atoms with Crippen LogP contribution in [0.2, 0.25) is 0 Å². The Labute approximate surface area is 361 Å². The number of fused-ring (bicyclic) bond motifs is 7. The van der Waals surface area contributed by atoms with Gasteiger partial charge in [0, 0.05) is 24.1 Å². The molecule has 5 fully saturated rings. The minimum atomic E-state index is -3.07. The summed E-state index contributed by atoms with van der Waals surface area (Å²) in [4.78, 5) is 17.0. The van der Waals surface area contributed by atoms with Gasteiger partial charge in [-0.1, -0.05) is 65.0 Å². The number of rotatable bonds is 11. The Kier molecular flexibility index (Phi) is 11.3. The number of allylic oxidation sites excluding steroid dienone is 5. The Hall–Kier alpha value is -2.49. The number of ether oxygens (including phenoxy) is 1. The van der Waals surface area contributed by atoms with E-state index in [1.807, 2.05) is 12.1 Å². The number of carbonyl (C=O) groups is 1. The van der Waals surface area contributed by atoms with Gasteiger partial charge in [-0.3, -0.25) is 4.79 Å². The number of hydrogen-bond acceptors (Lipinski definition) is 7. The Morgan fingerprint density at radius 3 is 2.28 bits per heavy atom. The normalized spacial score (nSPS) is 43.6. The standard InChI is InChI=1S/C51H76N2O6S/c1-34(2)37-18-27-51(53-32-30-50(56)25-16-36(17-26-50)60(8,57)58)29-28-47(6)39(43(37)51)12-13-41-46(5)21-19-38(45(3,4)40(46)20-22-48(41,47)7)35-14-23-49(24-15-35,44(54)55)33-59-42-11-9-10-31-52-42/h9-11,14,19,31,36-37,39-41,43,53,56H,1,12-13,15-18,20-30,32-33H2,2-8H3,(H,54,55)/t36?,37-,39+,40?,41+,43?,46-,47+,48+,49?,50?,51-/m0/s1.